The molecule has 1 saturated carbocycles. The van der Waals surface area contributed by atoms with Gasteiger partial charge in [0.25, 0.3) is 0 Å². The van der Waals surface area contributed by atoms with Crippen LogP contribution in [0, 0.1) is 5.92 Å². The van der Waals surface area contributed by atoms with E-state index in [1.807, 2.05) is 13.2 Å². The zero-order valence-corrected chi connectivity index (χ0v) is 25.2. The smallest absolute Gasteiger partial charge is 0.223 e. The summed E-state index contributed by atoms with van der Waals surface area (Å²) < 4.78 is 0. The largest absolute Gasteiger partial charge is 0.349 e. The average molecular weight is 561 g/mol. The summed E-state index contributed by atoms with van der Waals surface area (Å²) in [7, 11) is 2.04. The van der Waals surface area contributed by atoms with E-state index >= 15 is 0 Å². The first-order valence-electron chi connectivity index (χ1n) is 16.3. The number of carbonyl (C=O) groups is 1. The normalized spacial score (nSPS) is 22.5. The lowest BCUT2D eigenvalue weighted by Gasteiger charge is -2.41. The Labute approximate surface area is 247 Å². The molecule has 2 aromatic rings. The van der Waals surface area contributed by atoms with Gasteiger partial charge in [-0.1, -0.05) is 49.2 Å². The Balaban J connectivity index is 1.20. The van der Waals surface area contributed by atoms with Gasteiger partial charge in [0.15, 0.2) is 0 Å². The molecule has 0 radical (unpaired) electrons. The fourth-order valence-electron chi connectivity index (χ4n) is 7.23. The van der Waals surface area contributed by atoms with Crippen LogP contribution in [0.1, 0.15) is 86.7 Å². The topological polar surface area (TPSA) is 72.5 Å². The fourth-order valence-corrected chi connectivity index (χ4v) is 7.23. The quantitative estimate of drug-likeness (QED) is 0.296. The predicted octanol–water partition coefficient (Wildman–Crippen LogP) is 4.47. The molecule has 1 aromatic carbocycles. The lowest BCUT2D eigenvalue weighted by atomic mass is 9.90. The van der Waals surface area contributed by atoms with Crippen LogP contribution in [0.25, 0.3) is 0 Å². The summed E-state index contributed by atoms with van der Waals surface area (Å²) in [5.74, 6) is 0.452. The van der Waals surface area contributed by atoms with Crippen LogP contribution in [0.4, 0.5) is 0 Å². The van der Waals surface area contributed by atoms with Crippen molar-refractivity contribution in [1.82, 2.24) is 30.7 Å². The fraction of sp³-hybridized carbons (Fsp3) is 0.647. The van der Waals surface area contributed by atoms with Gasteiger partial charge in [0.05, 0.1) is 17.8 Å². The number of benzene rings is 1. The molecular weight excluding hydrogens is 508 g/mol. The van der Waals surface area contributed by atoms with Crippen LogP contribution in [0.3, 0.4) is 0 Å². The second-order valence-electron chi connectivity index (χ2n) is 12.5. The number of unbranched alkanes of at least 4 members (excludes halogenated alkanes) is 1. The number of fused-ring (bicyclic) bond motifs is 1. The summed E-state index contributed by atoms with van der Waals surface area (Å²) in [6.07, 6.45) is 13.4. The molecule has 1 aliphatic heterocycles. The Hall–Kier alpha value is -2.32. The van der Waals surface area contributed by atoms with Gasteiger partial charge < -0.3 is 20.9 Å². The van der Waals surface area contributed by atoms with Crippen LogP contribution in [-0.4, -0.2) is 79.6 Å². The van der Waals surface area contributed by atoms with E-state index in [9.17, 15) is 4.79 Å². The van der Waals surface area contributed by atoms with Crippen LogP contribution in [-0.2, 0) is 11.2 Å². The first-order chi connectivity index (χ1) is 20.2. The maximum absolute atomic E-state index is 13.1. The van der Waals surface area contributed by atoms with Gasteiger partial charge in [-0.15, -0.1) is 0 Å². The highest BCUT2D eigenvalue weighted by Crippen LogP contribution is 2.33. The van der Waals surface area contributed by atoms with Crippen molar-refractivity contribution in [3.05, 3.63) is 65.5 Å². The van der Waals surface area contributed by atoms with E-state index in [1.54, 1.807) is 0 Å². The van der Waals surface area contributed by atoms with Gasteiger partial charge in [0.1, 0.15) is 0 Å². The Morgan fingerprint density at radius 1 is 1.10 bits per heavy atom. The van der Waals surface area contributed by atoms with Gasteiger partial charge in [-0.05, 0) is 88.7 Å². The van der Waals surface area contributed by atoms with Crippen molar-refractivity contribution >= 4 is 5.91 Å². The lowest BCUT2D eigenvalue weighted by Crippen LogP contribution is -2.55. The number of hydrogen-bond acceptors (Lipinski definition) is 6. The number of nitrogens with zero attached hydrogens (tertiary/aromatic N) is 3. The molecule has 5 rings (SSSR count). The number of amides is 1. The maximum atomic E-state index is 13.1. The molecule has 0 bridgehead atoms. The SMILES string of the molecule is CNCCCCN(C[C@@H]1CN(CC[C@H](NC(=O)C2CCCC2)c2ccccc2)CCN1)[C@H]1CCCc2cccnc21. The number of nitrogens with one attached hydrogen (secondary N) is 3. The van der Waals surface area contributed by atoms with E-state index in [1.165, 1.54) is 55.3 Å². The highest BCUT2D eigenvalue weighted by Gasteiger charge is 2.31. The number of piperazine rings is 1. The maximum Gasteiger partial charge on any atom is 0.223 e. The van der Waals surface area contributed by atoms with Gasteiger partial charge in [-0.25, -0.2) is 0 Å². The second-order valence-corrected chi connectivity index (χ2v) is 12.5. The van der Waals surface area contributed by atoms with E-state index in [-0.39, 0.29) is 17.9 Å². The molecule has 3 aliphatic rings. The van der Waals surface area contributed by atoms with Crippen molar-refractivity contribution < 1.29 is 4.79 Å². The molecule has 7 nitrogen and oxygen atoms in total. The molecule has 3 N–H and O–H groups in total. The molecule has 1 aromatic heterocycles. The summed E-state index contributed by atoms with van der Waals surface area (Å²) in [4.78, 5) is 23.3. The van der Waals surface area contributed by atoms with Crippen LogP contribution >= 0.6 is 0 Å². The van der Waals surface area contributed by atoms with Crippen LogP contribution in [0.15, 0.2) is 48.7 Å². The van der Waals surface area contributed by atoms with Crippen molar-refractivity contribution in [2.45, 2.75) is 82.3 Å². The Bertz CT molecular complexity index is 1060. The molecule has 224 valence electrons. The van der Waals surface area contributed by atoms with Gasteiger partial charge in [0, 0.05) is 50.9 Å². The molecule has 7 heteroatoms. The van der Waals surface area contributed by atoms with Crippen molar-refractivity contribution in [3.63, 3.8) is 0 Å². The average Bonchev–Trinajstić information content (AvgIpc) is 3.57. The third-order valence-electron chi connectivity index (χ3n) is 9.50. The molecule has 2 heterocycles. The number of aryl methyl sites for hydroxylation is 1. The van der Waals surface area contributed by atoms with E-state index in [0.29, 0.717) is 12.1 Å². The van der Waals surface area contributed by atoms with Crippen molar-refractivity contribution in [3.8, 4) is 0 Å². The van der Waals surface area contributed by atoms with Gasteiger partial charge >= 0.3 is 0 Å². The summed E-state index contributed by atoms with van der Waals surface area (Å²) in [6.45, 7) is 7.36. The number of hydrogen-bond donors (Lipinski definition) is 3. The zero-order chi connectivity index (χ0) is 28.3. The van der Waals surface area contributed by atoms with Gasteiger partial charge in [-0.2, -0.15) is 0 Å². The van der Waals surface area contributed by atoms with Crippen molar-refractivity contribution in [2.24, 2.45) is 5.92 Å². The first kappa shape index (κ1) is 30.1. The molecule has 2 fully saturated rings. The molecule has 41 heavy (non-hydrogen) atoms. The summed E-state index contributed by atoms with van der Waals surface area (Å²) in [5.41, 5.74) is 3.97. The summed E-state index contributed by atoms with van der Waals surface area (Å²) in [6, 6.07) is 15.9. The molecule has 1 amide bonds. The molecule has 2 aliphatic carbocycles. The van der Waals surface area contributed by atoms with E-state index in [0.717, 1.165) is 71.5 Å². The van der Waals surface area contributed by atoms with E-state index in [4.69, 9.17) is 4.98 Å². The minimum atomic E-state index is 0.0751. The molecule has 0 spiro atoms. The number of carbonyl (C=O) groups excluding carboxylic acids is 1. The first-order valence-corrected chi connectivity index (χ1v) is 16.3. The second kappa shape index (κ2) is 15.8. The molecular formula is C34H52N6O. The number of pyridine rings is 1. The minimum Gasteiger partial charge on any atom is -0.349 e. The highest BCUT2D eigenvalue weighted by molar-refractivity contribution is 5.79. The Morgan fingerprint density at radius 2 is 1.95 bits per heavy atom. The van der Waals surface area contributed by atoms with Crippen molar-refractivity contribution in [2.75, 3.05) is 52.9 Å². The van der Waals surface area contributed by atoms with Crippen molar-refractivity contribution in [1.29, 1.82) is 0 Å². The number of rotatable bonds is 14. The monoisotopic (exact) mass is 560 g/mol. The highest BCUT2D eigenvalue weighted by atomic mass is 16.1. The van der Waals surface area contributed by atoms with Crippen LogP contribution in [0.2, 0.25) is 0 Å². The Kier molecular flexibility index (Phi) is 11.6. The lowest BCUT2D eigenvalue weighted by molar-refractivity contribution is -0.125. The third kappa shape index (κ3) is 8.60. The Morgan fingerprint density at radius 3 is 2.78 bits per heavy atom. The standard InChI is InChI=1S/C34H52N6O/c1-35-19-7-8-22-40(32-17-9-15-28-16-10-20-37-33(28)32)26-30-25-39(24-21-36-30)23-18-31(27-11-3-2-4-12-27)38-34(41)29-13-5-6-14-29/h2-4,10-12,16,20,29-32,35-36H,5-9,13-15,17-19,21-26H2,1H3,(H,38,41)/t30-,31-,32-/m0/s1. The zero-order valence-electron chi connectivity index (χ0n) is 25.2. The van der Waals surface area contributed by atoms with Gasteiger partial charge in [0.2, 0.25) is 5.91 Å². The minimum absolute atomic E-state index is 0.0751. The molecule has 1 saturated heterocycles. The van der Waals surface area contributed by atoms with E-state index in [2.05, 4.69) is 68.2 Å². The van der Waals surface area contributed by atoms with Gasteiger partial charge in [-0.3, -0.25) is 14.7 Å². The predicted molar refractivity (Wildman–Crippen MR) is 167 cm³/mol. The molecule has 3 atom stereocenters. The number of aromatic nitrogens is 1. The van der Waals surface area contributed by atoms with Crippen LogP contribution < -0.4 is 16.0 Å². The summed E-state index contributed by atoms with van der Waals surface area (Å²) >= 11 is 0. The molecule has 0 unspecified atom stereocenters. The van der Waals surface area contributed by atoms with E-state index < -0.39 is 0 Å². The summed E-state index contributed by atoms with van der Waals surface area (Å²) in [5, 5.41) is 10.6. The van der Waals surface area contributed by atoms with Crippen LogP contribution in [0.5, 0.6) is 0 Å². The third-order valence-corrected chi connectivity index (χ3v) is 9.50.